The van der Waals surface area contributed by atoms with Crippen LogP contribution in [0.3, 0.4) is 0 Å². The fraction of sp³-hybridized carbons (Fsp3) is 0.944. The number of hydrogen-bond acceptors (Lipinski definition) is 3. The Morgan fingerprint density at radius 2 is 1.76 bits per heavy atom. The van der Waals surface area contributed by atoms with Gasteiger partial charge in [0.25, 0.3) is 0 Å². The Kier molecular flexibility index (Phi) is 7.16. The summed E-state index contributed by atoms with van der Waals surface area (Å²) in [6.45, 7) is 15.6. The smallest absolute Gasteiger partial charge is 0.106 e. The van der Waals surface area contributed by atoms with Crippen LogP contribution < -0.4 is 5.32 Å². The van der Waals surface area contributed by atoms with Crippen molar-refractivity contribution in [3.05, 3.63) is 0 Å². The molecule has 0 amide bonds. The van der Waals surface area contributed by atoms with Gasteiger partial charge >= 0.3 is 0 Å². The third-order valence-corrected chi connectivity index (χ3v) is 5.86. The second-order valence-corrected chi connectivity index (χ2v) is 7.26. The van der Waals surface area contributed by atoms with Crippen LogP contribution >= 0.6 is 0 Å². The van der Waals surface area contributed by atoms with Crippen LogP contribution in [0, 0.1) is 22.7 Å². The summed E-state index contributed by atoms with van der Waals surface area (Å²) in [7, 11) is 0. The third-order valence-electron chi connectivity index (χ3n) is 5.86. The molecule has 0 aromatic rings. The summed E-state index contributed by atoms with van der Waals surface area (Å²) >= 11 is 0. The molecule has 1 saturated carbocycles. The zero-order valence-corrected chi connectivity index (χ0v) is 14.8. The topological polar surface area (TPSA) is 39.1 Å². The third kappa shape index (κ3) is 4.97. The quantitative estimate of drug-likeness (QED) is 0.739. The summed E-state index contributed by atoms with van der Waals surface area (Å²) in [4.78, 5) is 2.41. The average molecular weight is 293 g/mol. The number of likely N-dealkylation sites (N-methyl/N-ethyl adjacent to an activating group) is 1. The molecular formula is C18H35N3. The van der Waals surface area contributed by atoms with Gasteiger partial charge in [0.05, 0.1) is 6.07 Å². The van der Waals surface area contributed by atoms with Gasteiger partial charge in [0.1, 0.15) is 5.54 Å². The minimum Gasteiger partial charge on any atom is -0.303 e. The number of rotatable bonds is 8. The number of nitrogens with one attached hydrogen (secondary N) is 1. The van der Waals surface area contributed by atoms with Crippen LogP contribution in [0.25, 0.3) is 0 Å². The second kappa shape index (κ2) is 8.15. The highest BCUT2D eigenvalue weighted by atomic mass is 15.1. The summed E-state index contributed by atoms with van der Waals surface area (Å²) in [6.07, 6.45) is 5.62. The van der Waals surface area contributed by atoms with E-state index in [1.165, 1.54) is 19.3 Å². The van der Waals surface area contributed by atoms with Crippen molar-refractivity contribution in [3.8, 4) is 6.07 Å². The van der Waals surface area contributed by atoms with Gasteiger partial charge in [-0.2, -0.15) is 5.26 Å². The fourth-order valence-corrected chi connectivity index (χ4v) is 3.50. The van der Waals surface area contributed by atoms with Crippen LogP contribution in [0.2, 0.25) is 0 Å². The van der Waals surface area contributed by atoms with Crippen molar-refractivity contribution in [2.75, 3.05) is 26.2 Å². The monoisotopic (exact) mass is 293 g/mol. The van der Waals surface area contributed by atoms with E-state index in [2.05, 4.69) is 50.9 Å². The van der Waals surface area contributed by atoms with E-state index in [1.54, 1.807) is 0 Å². The van der Waals surface area contributed by atoms with Crippen molar-refractivity contribution in [1.29, 1.82) is 5.26 Å². The van der Waals surface area contributed by atoms with Crippen LogP contribution in [0.15, 0.2) is 0 Å². The number of nitrogens with zero attached hydrogens (tertiary/aromatic N) is 2. The van der Waals surface area contributed by atoms with Gasteiger partial charge in [-0.15, -0.1) is 0 Å². The zero-order chi connectivity index (χ0) is 15.9. The van der Waals surface area contributed by atoms with Gasteiger partial charge in [0.2, 0.25) is 0 Å². The van der Waals surface area contributed by atoms with Gasteiger partial charge in [-0.05, 0) is 50.1 Å². The largest absolute Gasteiger partial charge is 0.303 e. The highest BCUT2D eigenvalue weighted by Crippen LogP contribution is 2.43. The molecule has 0 spiro atoms. The lowest BCUT2D eigenvalue weighted by Crippen LogP contribution is -2.50. The van der Waals surface area contributed by atoms with Crippen molar-refractivity contribution in [1.82, 2.24) is 10.2 Å². The van der Waals surface area contributed by atoms with Crippen LogP contribution in [0.4, 0.5) is 0 Å². The van der Waals surface area contributed by atoms with Crippen LogP contribution in [-0.4, -0.2) is 36.6 Å². The molecule has 0 aromatic heterocycles. The molecule has 0 radical (unpaired) electrons. The molecule has 1 aliphatic rings. The van der Waals surface area contributed by atoms with E-state index in [0.717, 1.165) is 44.9 Å². The predicted molar refractivity (Wildman–Crippen MR) is 90.2 cm³/mol. The minimum absolute atomic E-state index is 0.270. The Hall–Kier alpha value is -0.590. The molecule has 1 N–H and O–H groups in total. The first-order valence-electron chi connectivity index (χ1n) is 8.81. The number of hydrogen-bond donors (Lipinski definition) is 1. The second-order valence-electron chi connectivity index (χ2n) is 7.26. The van der Waals surface area contributed by atoms with Crippen molar-refractivity contribution < 1.29 is 0 Å². The summed E-state index contributed by atoms with van der Waals surface area (Å²) < 4.78 is 0. The minimum atomic E-state index is -0.270. The SMILES string of the molecule is CCN(CC)CCNC1(C#N)CCC(C(C)(C)CC)CC1. The molecule has 0 atom stereocenters. The maximum absolute atomic E-state index is 9.64. The molecule has 3 nitrogen and oxygen atoms in total. The molecule has 0 bridgehead atoms. The lowest BCUT2D eigenvalue weighted by atomic mass is 9.66. The van der Waals surface area contributed by atoms with Crippen molar-refractivity contribution in [2.24, 2.45) is 11.3 Å². The van der Waals surface area contributed by atoms with Gasteiger partial charge in [-0.3, -0.25) is 5.32 Å². The standard InChI is InChI=1S/C18H35N3/c1-6-17(4,5)16-9-11-18(15-19,12-10-16)20-13-14-21(7-2)8-3/h16,20H,6-14H2,1-5H3. The normalized spacial score (nSPS) is 26.8. The Morgan fingerprint density at radius 3 is 2.19 bits per heavy atom. The summed E-state index contributed by atoms with van der Waals surface area (Å²) in [5.41, 5.74) is 0.149. The van der Waals surface area contributed by atoms with Gasteiger partial charge < -0.3 is 4.90 Å². The van der Waals surface area contributed by atoms with E-state index in [-0.39, 0.29) is 5.54 Å². The van der Waals surface area contributed by atoms with Crippen molar-refractivity contribution >= 4 is 0 Å². The lowest BCUT2D eigenvalue weighted by Gasteiger charge is -2.42. The van der Waals surface area contributed by atoms with Gasteiger partial charge in [-0.1, -0.05) is 41.0 Å². The van der Waals surface area contributed by atoms with Gasteiger partial charge in [0.15, 0.2) is 0 Å². The Morgan fingerprint density at radius 1 is 1.19 bits per heavy atom. The Balaban J connectivity index is 2.48. The van der Waals surface area contributed by atoms with E-state index in [1.807, 2.05) is 0 Å². The molecule has 3 heteroatoms. The molecule has 1 aliphatic carbocycles. The van der Waals surface area contributed by atoms with E-state index >= 15 is 0 Å². The average Bonchev–Trinajstić information content (AvgIpc) is 2.52. The molecule has 122 valence electrons. The highest BCUT2D eigenvalue weighted by molar-refractivity contribution is 5.10. The van der Waals surface area contributed by atoms with Gasteiger partial charge in [0, 0.05) is 13.1 Å². The van der Waals surface area contributed by atoms with E-state index < -0.39 is 0 Å². The van der Waals surface area contributed by atoms with E-state index in [4.69, 9.17) is 0 Å². The van der Waals surface area contributed by atoms with Crippen molar-refractivity contribution in [3.63, 3.8) is 0 Å². The fourth-order valence-electron chi connectivity index (χ4n) is 3.50. The van der Waals surface area contributed by atoms with E-state index in [9.17, 15) is 5.26 Å². The Bertz CT molecular complexity index is 331. The molecule has 1 fully saturated rings. The van der Waals surface area contributed by atoms with Crippen LogP contribution in [0.1, 0.15) is 66.7 Å². The first kappa shape index (κ1) is 18.5. The maximum atomic E-state index is 9.64. The summed E-state index contributed by atoms with van der Waals surface area (Å²) in [5.74, 6) is 0.772. The van der Waals surface area contributed by atoms with E-state index in [0.29, 0.717) is 5.41 Å². The van der Waals surface area contributed by atoms with Crippen molar-refractivity contribution in [2.45, 2.75) is 72.3 Å². The molecule has 21 heavy (non-hydrogen) atoms. The van der Waals surface area contributed by atoms with Crippen LogP contribution in [0.5, 0.6) is 0 Å². The van der Waals surface area contributed by atoms with Gasteiger partial charge in [-0.25, -0.2) is 0 Å². The zero-order valence-electron chi connectivity index (χ0n) is 14.8. The highest BCUT2D eigenvalue weighted by Gasteiger charge is 2.39. The predicted octanol–water partition coefficient (Wildman–Crippen LogP) is 3.81. The molecule has 0 aliphatic heterocycles. The summed E-state index contributed by atoms with van der Waals surface area (Å²) in [6, 6.07) is 2.59. The van der Waals surface area contributed by atoms with Crippen LogP contribution in [-0.2, 0) is 0 Å². The molecule has 0 heterocycles. The first-order valence-corrected chi connectivity index (χ1v) is 8.81. The molecule has 0 unspecified atom stereocenters. The lowest BCUT2D eigenvalue weighted by molar-refractivity contribution is 0.117. The molecular weight excluding hydrogens is 258 g/mol. The first-order chi connectivity index (χ1) is 9.93. The maximum Gasteiger partial charge on any atom is 0.106 e. The molecule has 1 rings (SSSR count). The summed E-state index contributed by atoms with van der Waals surface area (Å²) in [5, 5.41) is 13.2. The molecule has 0 saturated heterocycles. The Labute approximate surface area is 132 Å². The molecule has 0 aromatic carbocycles. The number of nitriles is 1.